The molecule has 3 aromatic carbocycles. The van der Waals surface area contributed by atoms with E-state index in [1.54, 1.807) is 22.5 Å². The van der Waals surface area contributed by atoms with E-state index in [2.05, 4.69) is 0 Å². The van der Waals surface area contributed by atoms with Crippen molar-refractivity contribution >= 4 is 21.6 Å². The van der Waals surface area contributed by atoms with Gasteiger partial charge in [0.25, 0.3) is 0 Å². The van der Waals surface area contributed by atoms with Crippen LogP contribution in [0.2, 0.25) is 5.02 Å². The van der Waals surface area contributed by atoms with Crippen LogP contribution in [-0.4, -0.2) is 24.4 Å². The predicted molar refractivity (Wildman–Crippen MR) is 114 cm³/mol. The molecule has 1 unspecified atom stereocenters. The van der Waals surface area contributed by atoms with E-state index in [1.165, 1.54) is 0 Å². The van der Waals surface area contributed by atoms with Crippen molar-refractivity contribution in [2.45, 2.75) is 30.7 Å². The molecule has 1 aliphatic carbocycles. The summed E-state index contributed by atoms with van der Waals surface area (Å²) in [6.07, 6.45) is 1.15. The number of phenols is 1. The molecule has 3 aromatic rings. The van der Waals surface area contributed by atoms with Crippen molar-refractivity contribution in [3.05, 3.63) is 81.9 Å². The molecule has 0 fully saturated rings. The van der Waals surface area contributed by atoms with Crippen molar-refractivity contribution in [3.63, 3.8) is 0 Å². The molecule has 5 rings (SSSR count). The van der Waals surface area contributed by atoms with Gasteiger partial charge in [0.15, 0.2) is 0 Å². The highest BCUT2D eigenvalue weighted by atomic mass is 35.5. The highest BCUT2D eigenvalue weighted by Crippen LogP contribution is 2.50. The average molecular weight is 426 g/mol. The molecule has 1 atom stereocenters. The van der Waals surface area contributed by atoms with Gasteiger partial charge >= 0.3 is 0 Å². The number of rotatable bonds is 2. The first kappa shape index (κ1) is 18.7. The van der Waals surface area contributed by atoms with Crippen molar-refractivity contribution < 1.29 is 13.5 Å². The van der Waals surface area contributed by atoms with E-state index < -0.39 is 10.0 Å². The minimum atomic E-state index is -3.67. The van der Waals surface area contributed by atoms with Gasteiger partial charge in [0.1, 0.15) is 5.75 Å². The molecule has 0 bridgehead atoms. The molecule has 1 heterocycles. The fourth-order valence-electron chi connectivity index (χ4n) is 4.58. The zero-order valence-electron chi connectivity index (χ0n) is 15.9. The highest BCUT2D eigenvalue weighted by molar-refractivity contribution is 7.89. The monoisotopic (exact) mass is 425 g/mol. The summed E-state index contributed by atoms with van der Waals surface area (Å²) in [5, 5.41) is 11.3. The van der Waals surface area contributed by atoms with Crippen LogP contribution in [0.4, 0.5) is 0 Å². The Hall–Kier alpha value is -2.34. The Kier molecular flexibility index (Phi) is 4.24. The molecule has 6 heteroatoms. The van der Waals surface area contributed by atoms with Gasteiger partial charge in [-0.2, -0.15) is 4.31 Å². The second kappa shape index (κ2) is 6.59. The number of sulfonamides is 1. The van der Waals surface area contributed by atoms with Gasteiger partial charge in [-0.05, 0) is 72.4 Å². The molecule has 0 amide bonds. The van der Waals surface area contributed by atoms with Gasteiger partial charge in [-0.15, -0.1) is 0 Å². The van der Waals surface area contributed by atoms with Crippen LogP contribution < -0.4 is 0 Å². The number of fused-ring (bicyclic) bond motifs is 2. The lowest BCUT2D eigenvalue weighted by atomic mass is 9.77. The zero-order chi connectivity index (χ0) is 20.3. The lowest BCUT2D eigenvalue weighted by Crippen LogP contribution is -2.42. The maximum absolute atomic E-state index is 13.5. The summed E-state index contributed by atoms with van der Waals surface area (Å²) in [6, 6.07) is 15.8. The van der Waals surface area contributed by atoms with Gasteiger partial charge in [-0.1, -0.05) is 41.4 Å². The largest absolute Gasteiger partial charge is 0.507 e. The zero-order valence-corrected chi connectivity index (χ0v) is 17.5. The molecular weight excluding hydrogens is 406 g/mol. The van der Waals surface area contributed by atoms with E-state index in [9.17, 15) is 13.5 Å². The van der Waals surface area contributed by atoms with Crippen molar-refractivity contribution in [1.82, 2.24) is 4.31 Å². The number of aryl methyl sites for hydroxylation is 1. The number of phenolic OH excluding ortho intramolecular Hbond substituents is 1. The number of halogens is 1. The third-order valence-corrected chi connectivity index (χ3v) is 8.13. The average Bonchev–Trinajstić information content (AvgIpc) is 2.69. The first-order chi connectivity index (χ1) is 13.9. The lowest BCUT2D eigenvalue weighted by molar-refractivity contribution is 0.303. The van der Waals surface area contributed by atoms with Gasteiger partial charge in [-0.25, -0.2) is 8.42 Å². The first-order valence-electron chi connectivity index (χ1n) is 9.58. The minimum Gasteiger partial charge on any atom is -0.507 e. The molecule has 0 aromatic heterocycles. The van der Waals surface area contributed by atoms with Crippen LogP contribution in [0.3, 0.4) is 0 Å². The molecule has 0 radical (unpaired) electrons. The second-order valence-corrected chi connectivity index (χ2v) is 10.1. The molecule has 4 nitrogen and oxygen atoms in total. The van der Waals surface area contributed by atoms with Crippen LogP contribution in [-0.2, 0) is 22.9 Å². The predicted octanol–water partition coefficient (Wildman–Crippen LogP) is 4.87. The van der Waals surface area contributed by atoms with E-state index >= 15 is 0 Å². The Morgan fingerprint density at radius 1 is 1.03 bits per heavy atom. The second-order valence-electron chi connectivity index (χ2n) is 7.73. The minimum absolute atomic E-state index is 0.173. The number of aromatic hydroxyl groups is 1. The number of hydrogen-bond donors (Lipinski definition) is 1. The van der Waals surface area contributed by atoms with E-state index in [4.69, 9.17) is 11.6 Å². The van der Waals surface area contributed by atoms with Gasteiger partial charge in [0.2, 0.25) is 10.0 Å². The Morgan fingerprint density at radius 3 is 2.55 bits per heavy atom. The molecule has 1 aliphatic heterocycles. The Morgan fingerprint density at radius 2 is 1.79 bits per heavy atom. The van der Waals surface area contributed by atoms with Gasteiger partial charge < -0.3 is 5.11 Å². The molecular formula is C23H20ClNO3S. The Balaban J connectivity index is 1.70. The Labute approximate surface area is 175 Å². The maximum atomic E-state index is 13.5. The third-order valence-electron chi connectivity index (χ3n) is 5.97. The lowest BCUT2D eigenvalue weighted by Gasteiger charge is -2.41. The van der Waals surface area contributed by atoms with Gasteiger partial charge in [0, 0.05) is 17.1 Å². The van der Waals surface area contributed by atoms with E-state index in [0.29, 0.717) is 29.3 Å². The standard InChI is InChI=1S/C23H20ClNO3S/c1-14-2-6-18(7-3-14)29(27,28)25-11-10-15-4-9-21(26)23-19-8-5-17(24)12-16(19)13-20(25)22(15)23/h2-9,12,20,26H,10-11,13H2,1H3. The summed E-state index contributed by atoms with van der Waals surface area (Å²) in [5.74, 6) is 0.173. The fraction of sp³-hybridized carbons (Fsp3) is 0.217. The summed E-state index contributed by atoms with van der Waals surface area (Å²) in [7, 11) is -3.67. The van der Waals surface area contributed by atoms with Crippen molar-refractivity contribution in [2.75, 3.05) is 6.54 Å². The summed E-state index contributed by atoms with van der Waals surface area (Å²) in [4.78, 5) is 0.296. The Bertz CT molecular complexity index is 1240. The molecule has 2 aliphatic rings. The van der Waals surface area contributed by atoms with Crippen LogP contribution in [0.25, 0.3) is 11.1 Å². The van der Waals surface area contributed by atoms with Crippen molar-refractivity contribution in [2.24, 2.45) is 0 Å². The molecule has 0 spiro atoms. The topological polar surface area (TPSA) is 57.6 Å². The first-order valence-corrected chi connectivity index (χ1v) is 11.4. The van der Waals surface area contributed by atoms with Crippen LogP contribution >= 0.6 is 11.6 Å². The fourth-order valence-corrected chi connectivity index (χ4v) is 6.38. The van der Waals surface area contributed by atoms with E-state index in [0.717, 1.165) is 33.4 Å². The van der Waals surface area contributed by atoms with Crippen LogP contribution in [0.1, 0.15) is 28.3 Å². The van der Waals surface area contributed by atoms with Crippen LogP contribution in [0, 0.1) is 6.92 Å². The van der Waals surface area contributed by atoms with Gasteiger partial charge in [-0.3, -0.25) is 0 Å². The van der Waals surface area contributed by atoms with Crippen LogP contribution in [0.15, 0.2) is 59.5 Å². The number of benzene rings is 3. The third kappa shape index (κ3) is 2.88. The van der Waals surface area contributed by atoms with Crippen LogP contribution in [0.5, 0.6) is 5.75 Å². The number of hydrogen-bond acceptors (Lipinski definition) is 3. The quantitative estimate of drug-likeness (QED) is 0.637. The SMILES string of the molecule is Cc1ccc(S(=O)(=O)N2CCc3ccc(O)c4c3C2Cc2cc(Cl)ccc2-4)cc1. The van der Waals surface area contributed by atoms with Crippen molar-refractivity contribution in [1.29, 1.82) is 0 Å². The van der Waals surface area contributed by atoms with E-state index in [1.807, 2.05) is 43.3 Å². The molecule has 0 saturated heterocycles. The smallest absolute Gasteiger partial charge is 0.243 e. The summed E-state index contributed by atoms with van der Waals surface area (Å²) < 4.78 is 28.6. The van der Waals surface area contributed by atoms with Gasteiger partial charge in [0.05, 0.1) is 10.9 Å². The summed E-state index contributed by atoms with van der Waals surface area (Å²) in [6.45, 7) is 2.35. The normalized spacial score (nSPS) is 18.2. The molecule has 29 heavy (non-hydrogen) atoms. The molecule has 1 N–H and O–H groups in total. The highest BCUT2D eigenvalue weighted by Gasteiger charge is 2.41. The maximum Gasteiger partial charge on any atom is 0.243 e. The summed E-state index contributed by atoms with van der Waals surface area (Å²) >= 11 is 6.22. The molecule has 148 valence electrons. The number of nitrogens with zero attached hydrogens (tertiary/aromatic N) is 1. The molecule has 0 saturated carbocycles. The van der Waals surface area contributed by atoms with Crippen molar-refractivity contribution in [3.8, 4) is 16.9 Å². The summed E-state index contributed by atoms with van der Waals surface area (Å²) in [5.41, 5.74) is 5.64. The van der Waals surface area contributed by atoms with E-state index in [-0.39, 0.29) is 11.8 Å².